The molecule has 0 aliphatic rings. The molecule has 55 valence electrons. The first-order valence-corrected chi connectivity index (χ1v) is 7.22. The molecule has 0 saturated heterocycles. The first kappa shape index (κ1) is 9.39. The standard InChI is InChI=1S/C6H17OSi2/c1-4-8-7-9(5-2)6-3/h4-6,8H2,1-3H3. The second-order valence-corrected chi connectivity index (χ2v) is 7.15. The van der Waals surface area contributed by atoms with E-state index >= 15 is 0 Å². The molecule has 0 aliphatic carbocycles. The van der Waals surface area contributed by atoms with E-state index in [0.29, 0.717) is 0 Å². The Balaban J connectivity index is 3.09. The number of hydrogen-bond donors (Lipinski definition) is 0. The van der Waals surface area contributed by atoms with E-state index < -0.39 is 0 Å². The SMILES string of the molecule is CC[SiH2]O[Si](CC)CC. The van der Waals surface area contributed by atoms with E-state index in [-0.39, 0.29) is 18.8 Å². The molecule has 3 heteroatoms. The molecule has 0 aromatic carbocycles. The minimum Gasteiger partial charge on any atom is -0.460 e. The normalized spacial score (nSPS) is 12.0. The van der Waals surface area contributed by atoms with E-state index in [4.69, 9.17) is 4.12 Å². The minimum absolute atomic E-state index is 0.102. The monoisotopic (exact) mass is 161 g/mol. The van der Waals surface area contributed by atoms with Crippen molar-refractivity contribution in [1.29, 1.82) is 0 Å². The highest BCUT2D eigenvalue weighted by Crippen LogP contribution is 1.98. The summed E-state index contributed by atoms with van der Waals surface area (Å²) in [6, 6.07) is 3.87. The smallest absolute Gasteiger partial charge is 0.197 e. The second-order valence-electron chi connectivity index (χ2n) is 2.09. The van der Waals surface area contributed by atoms with Gasteiger partial charge in [0, 0.05) is 0 Å². The van der Waals surface area contributed by atoms with E-state index in [0.717, 1.165) is 0 Å². The molecule has 1 radical (unpaired) electrons. The third kappa shape index (κ3) is 4.87. The second kappa shape index (κ2) is 6.51. The zero-order chi connectivity index (χ0) is 7.11. The van der Waals surface area contributed by atoms with Crippen molar-refractivity contribution in [3.63, 3.8) is 0 Å². The van der Waals surface area contributed by atoms with Gasteiger partial charge in [-0.15, -0.1) is 0 Å². The van der Waals surface area contributed by atoms with Crippen molar-refractivity contribution in [2.24, 2.45) is 0 Å². The van der Waals surface area contributed by atoms with Crippen LogP contribution >= 0.6 is 0 Å². The van der Waals surface area contributed by atoms with E-state index in [1.54, 1.807) is 0 Å². The predicted molar refractivity (Wildman–Crippen MR) is 46.8 cm³/mol. The van der Waals surface area contributed by atoms with Gasteiger partial charge in [0.1, 0.15) is 9.76 Å². The molecule has 0 unspecified atom stereocenters. The predicted octanol–water partition coefficient (Wildman–Crippen LogP) is 1.56. The molecule has 0 fully saturated rings. The Bertz CT molecular complexity index is 55.0. The van der Waals surface area contributed by atoms with Gasteiger partial charge < -0.3 is 4.12 Å². The molecular formula is C6H17OSi2. The molecule has 1 nitrogen and oxygen atoms in total. The highest BCUT2D eigenvalue weighted by Gasteiger charge is 2.04. The number of rotatable bonds is 5. The summed E-state index contributed by atoms with van der Waals surface area (Å²) < 4.78 is 5.73. The topological polar surface area (TPSA) is 9.23 Å². The van der Waals surface area contributed by atoms with Crippen LogP contribution in [0.2, 0.25) is 18.1 Å². The maximum atomic E-state index is 5.73. The van der Waals surface area contributed by atoms with Gasteiger partial charge in [-0.1, -0.05) is 20.8 Å². The summed E-state index contributed by atoms with van der Waals surface area (Å²) in [5, 5.41) is 0. The summed E-state index contributed by atoms with van der Waals surface area (Å²) in [4.78, 5) is 0. The average Bonchev–Trinajstić information content (AvgIpc) is 1.91. The lowest BCUT2D eigenvalue weighted by Crippen LogP contribution is -2.17. The van der Waals surface area contributed by atoms with Gasteiger partial charge in [-0.2, -0.15) is 0 Å². The van der Waals surface area contributed by atoms with Crippen LogP contribution in [0.25, 0.3) is 0 Å². The van der Waals surface area contributed by atoms with Crippen LogP contribution in [-0.4, -0.2) is 18.8 Å². The van der Waals surface area contributed by atoms with Crippen molar-refractivity contribution in [2.75, 3.05) is 0 Å². The average molecular weight is 161 g/mol. The Morgan fingerprint density at radius 3 is 2.11 bits per heavy atom. The lowest BCUT2D eigenvalue weighted by molar-refractivity contribution is 0.605. The van der Waals surface area contributed by atoms with Crippen LogP contribution in [0.4, 0.5) is 0 Å². The van der Waals surface area contributed by atoms with Crippen molar-refractivity contribution in [2.45, 2.75) is 38.9 Å². The zero-order valence-electron chi connectivity index (χ0n) is 6.74. The van der Waals surface area contributed by atoms with E-state index in [2.05, 4.69) is 20.8 Å². The van der Waals surface area contributed by atoms with Crippen molar-refractivity contribution in [1.82, 2.24) is 0 Å². The van der Waals surface area contributed by atoms with Crippen LogP contribution in [0.15, 0.2) is 0 Å². The van der Waals surface area contributed by atoms with Gasteiger partial charge in [-0.05, 0) is 18.1 Å². The van der Waals surface area contributed by atoms with Gasteiger partial charge in [0.2, 0.25) is 0 Å². The van der Waals surface area contributed by atoms with Crippen LogP contribution in [0.5, 0.6) is 0 Å². The molecule has 0 aromatic rings. The first-order chi connectivity index (χ1) is 4.35. The molecule has 0 saturated carbocycles. The Kier molecular flexibility index (Phi) is 6.80. The van der Waals surface area contributed by atoms with E-state index in [1.165, 1.54) is 18.1 Å². The molecule has 0 amide bonds. The zero-order valence-corrected chi connectivity index (χ0v) is 9.15. The highest BCUT2D eigenvalue weighted by molar-refractivity contribution is 6.58. The van der Waals surface area contributed by atoms with Gasteiger partial charge >= 0.3 is 0 Å². The molecule has 0 spiro atoms. The van der Waals surface area contributed by atoms with Crippen molar-refractivity contribution in [3.8, 4) is 0 Å². The first-order valence-electron chi connectivity index (χ1n) is 3.82. The van der Waals surface area contributed by atoms with Crippen LogP contribution in [0.1, 0.15) is 20.8 Å². The molecule has 0 aliphatic heterocycles. The Hall–Kier alpha value is 0.394. The van der Waals surface area contributed by atoms with Crippen molar-refractivity contribution in [3.05, 3.63) is 0 Å². The Labute approximate surface area is 62.5 Å². The molecular weight excluding hydrogens is 144 g/mol. The summed E-state index contributed by atoms with van der Waals surface area (Å²) in [5.41, 5.74) is 0. The lowest BCUT2D eigenvalue weighted by atomic mass is 11.0. The van der Waals surface area contributed by atoms with Crippen LogP contribution in [0, 0.1) is 0 Å². The fraction of sp³-hybridized carbons (Fsp3) is 1.00. The summed E-state index contributed by atoms with van der Waals surface area (Å²) in [7, 11) is -0.427. The van der Waals surface area contributed by atoms with Gasteiger partial charge in [-0.3, -0.25) is 0 Å². The van der Waals surface area contributed by atoms with Crippen molar-refractivity contribution < 1.29 is 4.12 Å². The van der Waals surface area contributed by atoms with Crippen LogP contribution in [-0.2, 0) is 4.12 Å². The van der Waals surface area contributed by atoms with Gasteiger partial charge in [0.05, 0.1) is 0 Å². The molecule has 0 aromatic heterocycles. The van der Waals surface area contributed by atoms with Crippen LogP contribution in [0.3, 0.4) is 0 Å². The van der Waals surface area contributed by atoms with Gasteiger partial charge in [0.15, 0.2) is 9.04 Å². The maximum Gasteiger partial charge on any atom is 0.197 e. The molecule has 0 heterocycles. The molecule has 0 rings (SSSR count). The summed E-state index contributed by atoms with van der Waals surface area (Å²) >= 11 is 0. The Morgan fingerprint density at radius 1 is 1.22 bits per heavy atom. The van der Waals surface area contributed by atoms with Gasteiger partial charge in [-0.25, -0.2) is 0 Å². The largest absolute Gasteiger partial charge is 0.460 e. The molecule has 0 atom stereocenters. The maximum absolute atomic E-state index is 5.73. The van der Waals surface area contributed by atoms with Gasteiger partial charge in [0.25, 0.3) is 0 Å². The van der Waals surface area contributed by atoms with Crippen molar-refractivity contribution >= 4 is 18.8 Å². The molecule has 9 heavy (non-hydrogen) atoms. The lowest BCUT2D eigenvalue weighted by Gasteiger charge is -2.09. The Morgan fingerprint density at radius 2 is 1.78 bits per heavy atom. The molecule has 0 bridgehead atoms. The highest BCUT2D eigenvalue weighted by atomic mass is 28.3. The van der Waals surface area contributed by atoms with E-state index in [9.17, 15) is 0 Å². The van der Waals surface area contributed by atoms with E-state index in [1.807, 2.05) is 0 Å². The fourth-order valence-corrected chi connectivity index (χ4v) is 4.80. The summed E-state index contributed by atoms with van der Waals surface area (Å²) in [5.74, 6) is 0. The van der Waals surface area contributed by atoms with Crippen LogP contribution < -0.4 is 0 Å². The third-order valence-electron chi connectivity index (χ3n) is 1.30. The minimum atomic E-state index is -0.324. The summed E-state index contributed by atoms with van der Waals surface area (Å²) in [6.07, 6.45) is 0. The fourth-order valence-electron chi connectivity index (χ4n) is 0.701. The number of hydrogen-bond acceptors (Lipinski definition) is 1. The summed E-state index contributed by atoms with van der Waals surface area (Å²) in [6.45, 7) is 6.70. The third-order valence-corrected chi connectivity index (χ3v) is 5.73. The molecule has 0 N–H and O–H groups in total. The quantitative estimate of drug-likeness (QED) is 0.556.